The molecule has 0 amide bonds. The number of aryl methyl sites for hydroxylation is 1. The lowest BCUT2D eigenvalue weighted by atomic mass is 10.2. The predicted molar refractivity (Wildman–Crippen MR) is 123 cm³/mol. The van der Waals surface area contributed by atoms with E-state index in [1.54, 1.807) is 0 Å². The van der Waals surface area contributed by atoms with Crippen LogP contribution in [0.1, 0.15) is 22.2 Å². The zero-order valence-corrected chi connectivity index (χ0v) is 19.0. The first-order valence-electron chi connectivity index (χ1n) is 9.10. The van der Waals surface area contributed by atoms with Crippen LogP contribution >= 0.6 is 35.3 Å². The molecular formula is C19H28IN5OS. The molecular weight excluding hydrogens is 473 g/mol. The molecule has 0 aliphatic carbocycles. The van der Waals surface area contributed by atoms with Gasteiger partial charge in [0.1, 0.15) is 5.82 Å². The molecule has 0 bridgehead atoms. The number of halogens is 1. The van der Waals surface area contributed by atoms with Crippen molar-refractivity contribution in [2.24, 2.45) is 4.99 Å². The molecule has 0 spiro atoms. The molecule has 0 saturated carbocycles. The lowest BCUT2D eigenvalue weighted by molar-refractivity contribution is 0.122. The summed E-state index contributed by atoms with van der Waals surface area (Å²) in [5, 5.41) is 6.73. The molecule has 0 unspecified atom stereocenters. The van der Waals surface area contributed by atoms with E-state index in [1.165, 1.54) is 9.75 Å². The number of ether oxygens (including phenoxy) is 1. The van der Waals surface area contributed by atoms with Gasteiger partial charge in [0, 0.05) is 41.1 Å². The summed E-state index contributed by atoms with van der Waals surface area (Å²) in [4.78, 5) is 14.3. The minimum Gasteiger partial charge on any atom is -0.378 e. The maximum absolute atomic E-state index is 5.45. The third-order valence-corrected chi connectivity index (χ3v) is 5.16. The van der Waals surface area contributed by atoms with E-state index in [1.807, 2.05) is 23.6 Å². The van der Waals surface area contributed by atoms with Gasteiger partial charge in [-0.1, -0.05) is 6.07 Å². The number of pyridine rings is 1. The van der Waals surface area contributed by atoms with Crippen molar-refractivity contribution in [2.45, 2.75) is 26.9 Å². The Morgan fingerprint density at radius 1 is 1.26 bits per heavy atom. The second-order valence-corrected chi connectivity index (χ2v) is 7.52. The van der Waals surface area contributed by atoms with Gasteiger partial charge in [-0.25, -0.2) is 9.98 Å². The highest BCUT2D eigenvalue weighted by molar-refractivity contribution is 14.0. The first-order valence-corrected chi connectivity index (χ1v) is 9.92. The summed E-state index contributed by atoms with van der Waals surface area (Å²) < 4.78 is 5.45. The second kappa shape index (κ2) is 11.5. The van der Waals surface area contributed by atoms with Crippen molar-refractivity contribution in [3.05, 3.63) is 45.8 Å². The fourth-order valence-corrected chi connectivity index (χ4v) is 3.70. The van der Waals surface area contributed by atoms with Crippen molar-refractivity contribution in [3.63, 3.8) is 0 Å². The number of aromatic nitrogens is 1. The monoisotopic (exact) mass is 501 g/mol. The average molecular weight is 501 g/mol. The molecule has 0 atom stereocenters. The zero-order valence-electron chi connectivity index (χ0n) is 15.9. The van der Waals surface area contributed by atoms with Crippen LogP contribution in [0.2, 0.25) is 0 Å². The van der Waals surface area contributed by atoms with Gasteiger partial charge in [0.05, 0.1) is 26.3 Å². The highest BCUT2D eigenvalue weighted by atomic mass is 127. The summed E-state index contributed by atoms with van der Waals surface area (Å²) in [5.74, 6) is 1.85. The summed E-state index contributed by atoms with van der Waals surface area (Å²) in [6.45, 7) is 9.69. The van der Waals surface area contributed by atoms with Gasteiger partial charge in [0.15, 0.2) is 5.96 Å². The molecule has 3 rings (SSSR count). The Labute approximate surface area is 182 Å². The predicted octanol–water partition coefficient (Wildman–Crippen LogP) is 3.16. The summed E-state index contributed by atoms with van der Waals surface area (Å²) in [6.07, 6.45) is 1.85. The SMILES string of the molecule is CCNC(=NCc1cccnc1N1CCOCC1)NCc1ccc(C)s1.I. The van der Waals surface area contributed by atoms with E-state index in [0.717, 1.165) is 56.7 Å². The number of aliphatic imine (C=N–C) groups is 1. The lowest BCUT2D eigenvalue weighted by Crippen LogP contribution is -2.38. The Kier molecular flexibility index (Phi) is 9.29. The van der Waals surface area contributed by atoms with Crippen molar-refractivity contribution < 1.29 is 4.74 Å². The first-order chi connectivity index (χ1) is 12.8. The minimum absolute atomic E-state index is 0. The number of hydrogen-bond acceptors (Lipinski definition) is 5. The Balaban J connectivity index is 0.00000261. The number of nitrogens with zero attached hydrogens (tertiary/aromatic N) is 3. The van der Waals surface area contributed by atoms with Gasteiger partial charge in [0.25, 0.3) is 0 Å². The molecule has 1 saturated heterocycles. The van der Waals surface area contributed by atoms with Crippen molar-refractivity contribution in [1.29, 1.82) is 0 Å². The summed E-state index contributed by atoms with van der Waals surface area (Å²) in [7, 11) is 0. The first kappa shape index (κ1) is 21.9. The van der Waals surface area contributed by atoms with Crippen LogP contribution in [-0.4, -0.2) is 43.8 Å². The maximum Gasteiger partial charge on any atom is 0.191 e. The van der Waals surface area contributed by atoms with E-state index in [-0.39, 0.29) is 24.0 Å². The quantitative estimate of drug-likeness (QED) is 0.362. The van der Waals surface area contributed by atoms with E-state index in [2.05, 4.69) is 52.6 Å². The van der Waals surface area contributed by atoms with Crippen molar-refractivity contribution >= 4 is 47.1 Å². The Morgan fingerprint density at radius 2 is 2.07 bits per heavy atom. The summed E-state index contributed by atoms with van der Waals surface area (Å²) in [6, 6.07) is 8.39. The molecule has 2 aromatic rings. The molecule has 0 aromatic carbocycles. The largest absolute Gasteiger partial charge is 0.378 e. The number of anilines is 1. The third-order valence-electron chi connectivity index (χ3n) is 4.16. The van der Waals surface area contributed by atoms with Gasteiger partial charge < -0.3 is 20.3 Å². The number of nitrogens with one attached hydrogen (secondary N) is 2. The van der Waals surface area contributed by atoms with Crippen molar-refractivity contribution in [3.8, 4) is 0 Å². The van der Waals surface area contributed by atoms with Crippen LogP contribution in [0.5, 0.6) is 0 Å². The Morgan fingerprint density at radius 3 is 2.78 bits per heavy atom. The van der Waals surface area contributed by atoms with E-state index < -0.39 is 0 Å². The van der Waals surface area contributed by atoms with E-state index in [4.69, 9.17) is 9.73 Å². The Hall–Kier alpha value is -1.39. The molecule has 2 aromatic heterocycles. The normalized spacial score (nSPS) is 14.6. The highest BCUT2D eigenvalue weighted by Gasteiger charge is 2.15. The van der Waals surface area contributed by atoms with Crippen molar-refractivity contribution in [1.82, 2.24) is 15.6 Å². The molecule has 1 aliphatic heterocycles. The second-order valence-electron chi connectivity index (χ2n) is 6.15. The zero-order chi connectivity index (χ0) is 18.2. The maximum atomic E-state index is 5.45. The van der Waals surface area contributed by atoms with Crippen LogP contribution in [0.4, 0.5) is 5.82 Å². The molecule has 148 valence electrons. The van der Waals surface area contributed by atoms with Crippen LogP contribution in [0.15, 0.2) is 35.5 Å². The van der Waals surface area contributed by atoms with Crippen LogP contribution in [0.3, 0.4) is 0 Å². The Bertz CT molecular complexity index is 730. The molecule has 1 aliphatic rings. The number of morpholine rings is 1. The molecule has 0 radical (unpaired) electrons. The van der Waals surface area contributed by atoms with E-state index in [0.29, 0.717) is 6.54 Å². The highest BCUT2D eigenvalue weighted by Crippen LogP contribution is 2.19. The van der Waals surface area contributed by atoms with Gasteiger partial charge in [-0.3, -0.25) is 0 Å². The molecule has 2 N–H and O–H groups in total. The van der Waals surface area contributed by atoms with Gasteiger partial charge in [-0.05, 0) is 32.0 Å². The lowest BCUT2D eigenvalue weighted by Gasteiger charge is -2.29. The van der Waals surface area contributed by atoms with Gasteiger partial charge in [-0.15, -0.1) is 35.3 Å². The van der Waals surface area contributed by atoms with E-state index >= 15 is 0 Å². The molecule has 27 heavy (non-hydrogen) atoms. The molecule has 1 fully saturated rings. The van der Waals surface area contributed by atoms with Crippen LogP contribution in [-0.2, 0) is 17.8 Å². The molecule has 3 heterocycles. The topological polar surface area (TPSA) is 61.8 Å². The smallest absolute Gasteiger partial charge is 0.191 e. The number of thiophene rings is 1. The summed E-state index contributed by atoms with van der Waals surface area (Å²) >= 11 is 1.81. The standard InChI is InChI=1S/C19H27N5OS.HI/c1-3-20-19(23-14-17-7-6-15(2)26-17)22-13-16-5-4-8-21-18(16)24-9-11-25-12-10-24;/h4-8H,3,9-14H2,1-2H3,(H2,20,22,23);1H. The number of rotatable bonds is 6. The van der Waals surface area contributed by atoms with Crippen LogP contribution in [0.25, 0.3) is 0 Å². The fraction of sp³-hybridized carbons (Fsp3) is 0.474. The minimum atomic E-state index is 0. The van der Waals surface area contributed by atoms with Gasteiger partial charge >= 0.3 is 0 Å². The van der Waals surface area contributed by atoms with Gasteiger partial charge in [0.2, 0.25) is 0 Å². The third kappa shape index (κ3) is 6.62. The average Bonchev–Trinajstić information content (AvgIpc) is 3.10. The number of guanidine groups is 1. The molecule has 8 heteroatoms. The van der Waals surface area contributed by atoms with Crippen LogP contribution < -0.4 is 15.5 Å². The van der Waals surface area contributed by atoms with Crippen LogP contribution in [0, 0.1) is 6.92 Å². The van der Waals surface area contributed by atoms with Crippen molar-refractivity contribution in [2.75, 3.05) is 37.7 Å². The molecule has 6 nitrogen and oxygen atoms in total. The van der Waals surface area contributed by atoms with E-state index in [9.17, 15) is 0 Å². The van der Waals surface area contributed by atoms with Gasteiger partial charge in [-0.2, -0.15) is 0 Å². The number of hydrogen-bond donors (Lipinski definition) is 2. The fourth-order valence-electron chi connectivity index (χ4n) is 2.87. The summed E-state index contributed by atoms with van der Waals surface area (Å²) in [5.41, 5.74) is 1.14.